The van der Waals surface area contributed by atoms with E-state index in [1.807, 2.05) is 6.92 Å². The van der Waals surface area contributed by atoms with Crippen LogP contribution in [0.4, 0.5) is 0 Å². The molecule has 0 saturated carbocycles. The van der Waals surface area contributed by atoms with Gasteiger partial charge in [-0.3, -0.25) is 0 Å². The van der Waals surface area contributed by atoms with Gasteiger partial charge in [-0.2, -0.15) is 0 Å². The molecule has 4 heteroatoms. The van der Waals surface area contributed by atoms with Crippen molar-refractivity contribution < 1.29 is 4.74 Å². The zero-order chi connectivity index (χ0) is 10.9. The molecule has 1 aromatic rings. The first-order chi connectivity index (χ1) is 7.34. The van der Waals surface area contributed by atoms with E-state index in [1.54, 1.807) is 6.33 Å². The molecule has 0 amide bonds. The second kappa shape index (κ2) is 7.43. The lowest BCUT2D eigenvalue weighted by Crippen LogP contribution is -2.17. The molecule has 15 heavy (non-hydrogen) atoms. The number of hydrogen-bond acceptors (Lipinski definition) is 3. The van der Waals surface area contributed by atoms with Crippen molar-refractivity contribution >= 4 is 0 Å². The maximum atomic E-state index is 5.38. The maximum Gasteiger partial charge on any atom is 0.0925 e. The summed E-state index contributed by atoms with van der Waals surface area (Å²) in [5, 5.41) is 3.34. The van der Waals surface area contributed by atoms with E-state index in [-0.39, 0.29) is 0 Å². The molecule has 0 aliphatic rings. The predicted octanol–water partition coefficient (Wildman–Crippen LogP) is 1.62. The number of rotatable bonds is 8. The Kier molecular flexibility index (Phi) is 6.04. The normalized spacial score (nSPS) is 10.8. The number of ether oxygens (including phenoxy) is 1. The summed E-state index contributed by atoms with van der Waals surface area (Å²) in [4.78, 5) is 7.28. The van der Waals surface area contributed by atoms with E-state index >= 15 is 0 Å². The molecule has 1 aromatic heterocycles. The molecule has 2 N–H and O–H groups in total. The van der Waals surface area contributed by atoms with Crippen molar-refractivity contribution in [2.24, 2.45) is 0 Å². The minimum absolute atomic E-state index is 0.836. The average molecular weight is 211 g/mol. The van der Waals surface area contributed by atoms with Crippen LogP contribution in [-0.2, 0) is 11.3 Å². The van der Waals surface area contributed by atoms with Crippen LogP contribution in [0, 0.1) is 6.92 Å². The van der Waals surface area contributed by atoms with Gasteiger partial charge in [0.1, 0.15) is 0 Å². The fourth-order valence-corrected chi connectivity index (χ4v) is 1.32. The lowest BCUT2D eigenvalue weighted by molar-refractivity contribution is 0.132. The van der Waals surface area contributed by atoms with Crippen molar-refractivity contribution in [3.63, 3.8) is 0 Å². The van der Waals surface area contributed by atoms with Gasteiger partial charge in [0.05, 0.1) is 12.0 Å². The highest BCUT2D eigenvalue weighted by atomic mass is 16.5. The van der Waals surface area contributed by atoms with Crippen LogP contribution in [0.2, 0.25) is 0 Å². The lowest BCUT2D eigenvalue weighted by atomic mass is 10.3. The van der Waals surface area contributed by atoms with E-state index in [4.69, 9.17) is 4.74 Å². The van der Waals surface area contributed by atoms with Gasteiger partial charge in [0.15, 0.2) is 0 Å². The van der Waals surface area contributed by atoms with Gasteiger partial charge in [-0.05, 0) is 26.3 Å². The number of aromatic nitrogens is 2. The molecular weight excluding hydrogens is 190 g/mol. The van der Waals surface area contributed by atoms with Gasteiger partial charge in [-0.1, -0.05) is 6.92 Å². The summed E-state index contributed by atoms with van der Waals surface area (Å²) in [7, 11) is 0. The summed E-state index contributed by atoms with van der Waals surface area (Å²) in [5.74, 6) is 0. The number of aromatic amines is 1. The van der Waals surface area contributed by atoms with Crippen LogP contribution in [-0.4, -0.2) is 29.7 Å². The summed E-state index contributed by atoms with van der Waals surface area (Å²) < 4.78 is 5.38. The molecule has 0 aliphatic carbocycles. The Morgan fingerprint density at radius 3 is 3.00 bits per heavy atom. The van der Waals surface area contributed by atoms with Crippen molar-refractivity contribution in [3.8, 4) is 0 Å². The molecule has 1 heterocycles. The molecule has 86 valence electrons. The van der Waals surface area contributed by atoms with Crippen molar-refractivity contribution in [1.82, 2.24) is 15.3 Å². The number of nitrogens with one attached hydrogen (secondary N) is 2. The van der Waals surface area contributed by atoms with Crippen molar-refractivity contribution in [2.45, 2.75) is 33.2 Å². The zero-order valence-corrected chi connectivity index (χ0v) is 9.68. The van der Waals surface area contributed by atoms with E-state index in [2.05, 4.69) is 22.2 Å². The van der Waals surface area contributed by atoms with Crippen molar-refractivity contribution in [1.29, 1.82) is 0 Å². The molecule has 0 atom stereocenters. The summed E-state index contributed by atoms with van der Waals surface area (Å²) in [6.45, 7) is 7.70. The van der Waals surface area contributed by atoms with E-state index in [0.29, 0.717) is 0 Å². The number of nitrogens with zero attached hydrogens (tertiary/aromatic N) is 1. The number of H-pyrrole nitrogens is 1. The molecule has 4 nitrogen and oxygen atoms in total. The molecular formula is C11H21N3O. The van der Waals surface area contributed by atoms with Gasteiger partial charge in [0.2, 0.25) is 0 Å². The van der Waals surface area contributed by atoms with Gasteiger partial charge in [-0.15, -0.1) is 0 Å². The highest BCUT2D eigenvalue weighted by molar-refractivity contribution is 5.07. The van der Waals surface area contributed by atoms with E-state index in [1.165, 1.54) is 0 Å². The van der Waals surface area contributed by atoms with E-state index < -0.39 is 0 Å². The lowest BCUT2D eigenvalue weighted by Gasteiger charge is -2.04. The molecule has 0 saturated heterocycles. The maximum absolute atomic E-state index is 5.38. The highest BCUT2D eigenvalue weighted by Gasteiger charge is 1.98. The van der Waals surface area contributed by atoms with Crippen LogP contribution in [0.1, 0.15) is 31.2 Å². The standard InChI is InChI=1S/C11H21N3O/c1-3-6-15-7-4-5-12-8-11-10(2)13-9-14-11/h9,12H,3-8H2,1-2H3,(H,13,14). The van der Waals surface area contributed by atoms with Crippen LogP contribution < -0.4 is 5.32 Å². The molecule has 0 bridgehead atoms. The van der Waals surface area contributed by atoms with Crippen molar-refractivity contribution in [3.05, 3.63) is 17.7 Å². The average Bonchev–Trinajstić information content (AvgIpc) is 2.63. The smallest absolute Gasteiger partial charge is 0.0925 e. The Morgan fingerprint density at radius 1 is 1.47 bits per heavy atom. The molecule has 0 spiro atoms. The Bertz CT molecular complexity index is 260. The molecule has 0 aromatic carbocycles. The Labute approximate surface area is 91.4 Å². The topological polar surface area (TPSA) is 49.9 Å². The largest absolute Gasteiger partial charge is 0.381 e. The molecule has 0 unspecified atom stereocenters. The summed E-state index contributed by atoms with van der Waals surface area (Å²) in [6.07, 6.45) is 3.89. The fraction of sp³-hybridized carbons (Fsp3) is 0.727. The third kappa shape index (κ3) is 4.95. The monoisotopic (exact) mass is 211 g/mol. The second-order valence-corrected chi connectivity index (χ2v) is 3.62. The quantitative estimate of drug-likeness (QED) is 0.642. The van der Waals surface area contributed by atoms with E-state index in [9.17, 15) is 0 Å². The Morgan fingerprint density at radius 2 is 2.33 bits per heavy atom. The van der Waals surface area contributed by atoms with Crippen LogP contribution in [0.15, 0.2) is 6.33 Å². The fourth-order valence-electron chi connectivity index (χ4n) is 1.32. The third-order valence-corrected chi connectivity index (χ3v) is 2.22. The zero-order valence-electron chi connectivity index (χ0n) is 9.68. The summed E-state index contributed by atoms with van der Waals surface area (Å²) in [5.41, 5.74) is 2.24. The molecule has 0 radical (unpaired) electrons. The van der Waals surface area contributed by atoms with E-state index in [0.717, 1.165) is 50.5 Å². The van der Waals surface area contributed by atoms with Gasteiger partial charge in [0.25, 0.3) is 0 Å². The van der Waals surface area contributed by atoms with Crippen LogP contribution >= 0.6 is 0 Å². The summed E-state index contributed by atoms with van der Waals surface area (Å²) in [6, 6.07) is 0. The Balaban J connectivity index is 1.96. The molecule has 0 fully saturated rings. The first-order valence-corrected chi connectivity index (χ1v) is 5.62. The SMILES string of the molecule is CCCOCCCNCc1nc[nH]c1C. The minimum Gasteiger partial charge on any atom is -0.381 e. The van der Waals surface area contributed by atoms with Gasteiger partial charge < -0.3 is 15.0 Å². The number of hydrogen-bond donors (Lipinski definition) is 2. The van der Waals surface area contributed by atoms with Crippen LogP contribution in [0.5, 0.6) is 0 Å². The van der Waals surface area contributed by atoms with Crippen LogP contribution in [0.25, 0.3) is 0 Å². The summed E-state index contributed by atoms with van der Waals surface area (Å²) >= 11 is 0. The first-order valence-electron chi connectivity index (χ1n) is 5.62. The third-order valence-electron chi connectivity index (χ3n) is 2.22. The predicted molar refractivity (Wildman–Crippen MR) is 60.8 cm³/mol. The molecule has 0 aliphatic heterocycles. The molecule has 1 rings (SSSR count). The van der Waals surface area contributed by atoms with Gasteiger partial charge >= 0.3 is 0 Å². The Hall–Kier alpha value is -0.870. The van der Waals surface area contributed by atoms with Crippen molar-refractivity contribution in [2.75, 3.05) is 19.8 Å². The number of imidazole rings is 1. The van der Waals surface area contributed by atoms with Crippen LogP contribution in [0.3, 0.4) is 0 Å². The minimum atomic E-state index is 0.836. The van der Waals surface area contributed by atoms with Gasteiger partial charge in [0, 0.05) is 25.5 Å². The number of aryl methyl sites for hydroxylation is 1. The van der Waals surface area contributed by atoms with Gasteiger partial charge in [-0.25, -0.2) is 4.98 Å². The second-order valence-electron chi connectivity index (χ2n) is 3.62. The first kappa shape index (κ1) is 12.2. The highest BCUT2D eigenvalue weighted by Crippen LogP contribution is 1.98.